The lowest BCUT2D eigenvalue weighted by molar-refractivity contribution is 0.0747. The maximum atomic E-state index is 13.3. The zero-order valence-electron chi connectivity index (χ0n) is 15.1. The first-order chi connectivity index (χ1) is 13.1. The molecule has 3 heterocycles. The molecule has 2 saturated heterocycles. The van der Waals surface area contributed by atoms with Crippen LogP contribution in [-0.4, -0.2) is 55.1 Å². The summed E-state index contributed by atoms with van der Waals surface area (Å²) in [6.07, 6.45) is 4.03. The molecule has 0 atom stereocenters. The molecule has 0 radical (unpaired) electrons. The maximum Gasteiger partial charge on any atom is 0.257 e. The molecule has 0 aliphatic carbocycles. The van der Waals surface area contributed by atoms with Crippen molar-refractivity contribution < 1.29 is 9.18 Å². The maximum absolute atomic E-state index is 13.3. The normalized spacial score (nSPS) is 17.5. The van der Waals surface area contributed by atoms with E-state index in [0.29, 0.717) is 36.8 Å². The number of pyridine rings is 1. The van der Waals surface area contributed by atoms with Crippen molar-refractivity contribution in [2.24, 2.45) is 0 Å². The van der Waals surface area contributed by atoms with Crippen LogP contribution in [0.2, 0.25) is 5.02 Å². The highest BCUT2D eigenvalue weighted by Crippen LogP contribution is 2.28. The fourth-order valence-corrected chi connectivity index (χ4v) is 4.09. The van der Waals surface area contributed by atoms with Crippen LogP contribution in [-0.2, 0) is 0 Å². The topological polar surface area (TPSA) is 39.7 Å². The van der Waals surface area contributed by atoms with Crippen LogP contribution < -0.4 is 9.80 Å². The summed E-state index contributed by atoms with van der Waals surface area (Å²) < 4.78 is 13.3. The lowest BCUT2D eigenvalue weighted by Crippen LogP contribution is -2.49. The summed E-state index contributed by atoms with van der Waals surface area (Å²) in [7, 11) is 0. The van der Waals surface area contributed by atoms with Gasteiger partial charge in [0.2, 0.25) is 0 Å². The smallest absolute Gasteiger partial charge is 0.257 e. The Morgan fingerprint density at radius 3 is 2.44 bits per heavy atom. The van der Waals surface area contributed by atoms with Crippen molar-refractivity contribution in [2.75, 3.05) is 49.1 Å². The summed E-state index contributed by atoms with van der Waals surface area (Å²) in [6.45, 7) is 4.43. The lowest BCUT2D eigenvalue weighted by atomic mass is 10.1. The van der Waals surface area contributed by atoms with Gasteiger partial charge in [0.25, 0.3) is 5.91 Å². The molecule has 27 heavy (non-hydrogen) atoms. The second-order valence-corrected chi connectivity index (χ2v) is 7.35. The number of carbonyl (C=O) groups is 1. The molecule has 4 rings (SSSR count). The van der Waals surface area contributed by atoms with E-state index < -0.39 is 0 Å². The van der Waals surface area contributed by atoms with E-state index in [1.165, 1.54) is 12.1 Å². The highest BCUT2D eigenvalue weighted by Gasteiger charge is 2.27. The van der Waals surface area contributed by atoms with E-state index in [4.69, 9.17) is 11.6 Å². The van der Waals surface area contributed by atoms with Crippen LogP contribution in [0.15, 0.2) is 36.5 Å². The van der Waals surface area contributed by atoms with Gasteiger partial charge in [-0.05, 0) is 43.2 Å². The third-order valence-corrected chi connectivity index (χ3v) is 5.54. The van der Waals surface area contributed by atoms with Gasteiger partial charge in [0.05, 0.1) is 16.3 Å². The molecule has 142 valence electrons. The summed E-state index contributed by atoms with van der Waals surface area (Å²) in [5.41, 5.74) is 1.48. The van der Waals surface area contributed by atoms with Crippen LogP contribution >= 0.6 is 11.6 Å². The minimum atomic E-state index is -0.344. The van der Waals surface area contributed by atoms with Gasteiger partial charge in [-0.25, -0.2) is 9.37 Å². The Balaban J connectivity index is 1.46. The Bertz CT molecular complexity index is 832. The van der Waals surface area contributed by atoms with Crippen molar-refractivity contribution >= 4 is 29.0 Å². The van der Waals surface area contributed by atoms with Gasteiger partial charge < -0.3 is 14.7 Å². The Morgan fingerprint density at radius 1 is 1.00 bits per heavy atom. The van der Waals surface area contributed by atoms with Gasteiger partial charge in [0, 0.05) is 45.5 Å². The summed E-state index contributed by atoms with van der Waals surface area (Å²) in [5.74, 6) is 0.474. The van der Waals surface area contributed by atoms with Crippen LogP contribution in [0.5, 0.6) is 0 Å². The van der Waals surface area contributed by atoms with Gasteiger partial charge in [-0.3, -0.25) is 4.79 Å². The number of piperazine rings is 1. The summed E-state index contributed by atoms with van der Waals surface area (Å²) in [4.78, 5) is 23.7. The van der Waals surface area contributed by atoms with Crippen molar-refractivity contribution in [3.8, 4) is 0 Å². The van der Waals surface area contributed by atoms with E-state index in [-0.39, 0.29) is 11.7 Å². The fourth-order valence-electron chi connectivity index (χ4n) is 3.80. The number of amides is 1. The molecule has 0 N–H and O–H groups in total. The minimum Gasteiger partial charge on any atom is -0.367 e. The van der Waals surface area contributed by atoms with Gasteiger partial charge in [-0.15, -0.1) is 0 Å². The molecule has 2 fully saturated rings. The molecule has 2 aliphatic heterocycles. The highest BCUT2D eigenvalue weighted by atomic mass is 35.5. The second-order valence-electron chi connectivity index (χ2n) is 6.94. The number of anilines is 2. The van der Waals surface area contributed by atoms with Gasteiger partial charge in [0.15, 0.2) is 0 Å². The van der Waals surface area contributed by atoms with E-state index in [9.17, 15) is 9.18 Å². The number of halogens is 2. The Morgan fingerprint density at radius 2 is 1.74 bits per heavy atom. The van der Waals surface area contributed by atoms with E-state index >= 15 is 0 Å². The molecule has 1 aromatic heterocycles. The molecule has 0 bridgehead atoms. The standard InChI is InChI=1S/C20H22ClFN4O/c21-17-14-15(22)5-6-18(17)24-10-12-26(13-11-24)20(27)16-4-3-7-23-19(16)25-8-1-2-9-25/h3-7,14H,1-2,8-13H2. The van der Waals surface area contributed by atoms with Crippen LogP contribution in [0, 0.1) is 5.82 Å². The number of benzene rings is 1. The first-order valence-corrected chi connectivity index (χ1v) is 9.70. The zero-order valence-corrected chi connectivity index (χ0v) is 15.8. The first-order valence-electron chi connectivity index (χ1n) is 9.33. The number of nitrogens with zero attached hydrogens (tertiary/aromatic N) is 4. The third-order valence-electron chi connectivity index (χ3n) is 5.24. The number of aromatic nitrogens is 1. The highest BCUT2D eigenvalue weighted by molar-refractivity contribution is 6.33. The lowest BCUT2D eigenvalue weighted by Gasteiger charge is -2.37. The van der Waals surface area contributed by atoms with Crippen molar-refractivity contribution in [3.63, 3.8) is 0 Å². The number of rotatable bonds is 3. The molecular weight excluding hydrogens is 367 g/mol. The predicted octanol–water partition coefficient (Wildman–Crippen LogP) is 3.44. The van der Waals surface area contributed by atoms with Crippen molar-refractivity contribution in [2.45, 2.75) is 12.8 Å². The van der Waals surface area contributed by atoms with E-state index in [1.54, 1.807) is 12.3 Å². The predicted molar refractivity (Wildman–Crippen MR) is 105 cm³/mol. The molecule has 7 heteroatoms. The van der Waals surface area contributed by atoms with E-state index in [1.807, 2.05) is 17.0 Å². The van der Waals surface area contributed by atoms with Gasteiger partial charge >= 0.3 is 0 Å². The molecule has 2 aliphatic rings. The Hall–Kier alpha value is -2.34. The zero-order chi connectivity index (χ0) is 18.8. The van der Waals surface area contributed by atoms with Gasteiger partial charge in [-0.1, -0.05) is 11.6 Å². The number of carbonyl (C=O) groups excluding carboxylic acids is 1. The van der Waals surface area contributed by atoms with Gasteiger partial charge in [-0.2, -0.15) is 0 Å². The van der Waals surface area contributed by atoms with E-state index in [2.05, 4.69) is 14.8 Å². The van der Waals surface area contributed by atoms with Gasteiger partial charge in [0.1, 0.15) is 11.6 Å². The molecule has 1 aromatic carbocycles. The van der Waals surface area contributed by atoms with Crippen LogP contribution in [0.3, 0.4) is 0 Å². The number of hydrogen-bond donors (Lipinski definition) is 0. The van der Waals surface area contributed by atoms with Crippen molar-refractivity contribution in [1.82, 2.24) is 9.88 Å². The first kappa shape index (κ1) is 18.0. The summed E-state index contributed by atoms with van der Waals surface area (Å²) in [6, 6.07) is 8.12. The monoisotopic (exact) mass is 388 g/mol. The van der Waals surface area contributed by atoms with Crippen LogP contribution in [0.1, 0.15) is 23.2 Å². The van der Waals surface area contributed by atoms with Crippen molar-refractivity contribution in [1.29, 1.82) is 0 Å². The molecular formula is C20H22ClFN4O. The average molecular weight is 389 g/mol. The molecule has 5 nitrogen and oxygen atoms in total. The largest absolute Gasteiger partial charge is 0.367 e. The minimum absolute atomic E-state index is 0.0230. The Kier molecular flexibility index (Phi) is 5.16. The van der Waals surface area contributed by atoms with Crippen molar-refractivity contribution in [3.05, 3.63) is 52.9 Å². The molecule has 0 spiro atoms. The third kappa shape index (κ3) is 3.72. The number of hydrogen-bond acceptors (Lipinski definition) is 4. The quantitative estimate of drug-likeness (QED) is 0.807. The van der Waals surface area contributed by atoms with Crippen LogP contribution in [0.4, 0.5) is 15.9 Å². The second kappa shape index (κ2) is 7.72. The van der Waals surface area contributed by atoms with Crippen LogP contribution in [0.25, 0.3) is 0 Å². The Labute approximate surface area is 163 Å². The average Bonchev–Trinajstić information content (AvgIpc) is 3.22. The molecule has 2 aromatic rings. The summed E-state index contributed by atoms with van der Waals surface area (Å²) >= 11 is 6.18. The SMILES string of the molecule is O=C(c1cccnc1N1CCCC1)N1CCN(c2ccc(F)cc2Cl)CC1. The molecule has 0 unspecified atom stereocenters. The fraction of sp³-hybridized carbons (Fsp3) is 0.400. The molecule has 1 amide bonds. The summed E-state index contributed by atoms with van der Waals surface area (Å²) in [5, 5.41) is 0.401. The molecule has 0 saturated carbocycles. The van der Waals surface area contributed by atoms with E-state index in [0.717, 1.165) is 37.4 Å².